The smallest absolute Gasteiger partial charge is 0.0561 e. The van der Waals surface area contributed by atoms with E-state index in [2.05, 4.69) is 264 Å². The molecule has 0 bridgehead atoms. The number of para-hydroxylation sites is 3. The molecule has 70 heavy (non-hydrogen) atoms. The van der Waals surface area contributed by atoms with Gasteiger partial charge in [0.05, 0.1) is 16.7 Å². The number of hydrogen-bond donors (Lipinski definition) is 0. The molecule has 3 heterocycles. The molecule has 0 aliphatic carbocycles. The minimum Gasteiger partial charge on any atom is -0.310 e. The average molecular weight is 927 g/mol. The van der Waals surface area contributed by atoms with Gasteiger partial charge in [0.2, 0.25) is 0 Å². The number of rotatable bonds is 8. The van der Waals surface area contributed by atoms with Crippen molar-refractivity contribution in [3.63, 3.8) is 0 Å². The van der Waals surface area contributed by atoms with Crippen LogP contribution in [0.3, 0.4) is 0 Å². The van der Waals surface area contributed by atoms with E-state index in [4.69, 9.17) is 0 Å². The lowest BCUT2D eigenvalue weighted by molar-refractivity contribution is 1.18. The summed E-state index contributed by atoms with van der Waals surface area (Å²) in [7, 11) is 0. The van der Waals surface area contributed by atoms with Crippen molar-refractivity contribution in [2.24, 2.45) is 0 Å². The number of nitrogens with zero attached hydrogens (tertiary/aromatic N) is 2. The molecule has 14 aromatic rings. The lowest BCUT2D eigenvalue weighted by Crippen LogP contribution is -2.12. The van der Waals surface area contributed by atoms with Crippen LogP contribution >= 0.6 is 22.7 Å². The Labute approximate surface area is 413 Å². The molecule has 3 aromatic heterocycles. The molecule has 14 rings (SSSR count). The highest BCUT2D eigenvalue weighted by Gasteiger charge is 2.23. The second-order valence-electron chi connectivity index (χ2n) is 18.0. The van der Waals surface area contributed by atoms with Gasteiger partial charge in [0, 0.05) is 73.7 Å². The summed E-state index contributed by atoms with van der Waals surface area (Å²) in [4.78, 5) is 2.51. The molecule has 0 amide bonds. The molecular formula is C66H42N2S2. The molecule has 0 aliphatic heterocycles. The average Bonchev–Trinajstić information content (AvgIpc) is 4.11. The Balaban J connectivity index is 1.06. The maximum absolute atomic E-state index is 2.51. The normalized spacial score (nSPS) is 11.7. The second-order valence-corrected chi connectivity index (χ2v) is 20.1. The van der Waals surface area contributed by atoms with Crippen LogP contribution in [0, 0.1) is 0 Å². The Morgan fingerprint density at radius 3 is 1.46 bits per heavy atom. The zero-order valence-electron chi connectivity index (χ0n) is 38.0. The third kappa shape index (κ3) is 6.68. The van der Waals surface area contributed by atoms with Crippen LogP contribution in [0.15, 0.2) is 255 Å². The van der Waals surface area contributed by atoms with Crippen LogP contribution in [0.1, 0.15) is 0 Å². The molecule has 0 saturated carbocycles. The Bertz CT molecular complexity index is 4160. The van der Waals surface area contributed by atoms with Gasteiger partial charge in [-0.1, -0.05) is 188 Å². The van der Waals surface area contributed by atoms with Gasteiger partial charge >= 0.3 is 0 Å². The van der Waals surface area contributed by atoms with Crippen molar-refractivity contribution in [3.05, 3.63) is 255 Å². The standard InChI is InChI=1S/C66H42N2S2/c1-3-17-43(18-4-1)44-33-35-45(36-34-44)51-21-7-11-29-60(51)67(49-37-38-55-54-22-8-12-30-61(54)68(62(55)42-49)48-19-5-2-6-20-48)50-40-46(52-25-15-27-58-56-23-9-13-31-63(56)69-65(52)58)39-47(41-50)53-26-16-28-59-57-24-10-14-32-64(57)70-66(53)59/h1-42H. The number of fused-ring (bicyclic) bond motifs is 9. The summed E-state index contributed by atoms with van der Waals surface area (Å²) in [6.45, 7) is 0. The molecule has 11 aromatic carbocycles. The Hall–Kier alpha value is -8.54. The van der Waals surface area contributed by atoms with Gasteiger partial charge in [-0.3, -0.25) is 0 Å². The molecule has 328 valence electrons. The topological polar surface area (TPSA) is 8.17 Å². The summed E-state index contributed by atoms with van der Waals surface area (Å²) in [6.07, 6.45) is 0. The quantitative estimate of drug-likeness (QED) is 0.147. The van der Waals surface area contributed by atoms with E-state index in [0.29, 0.717) is 0 Å². The molecular weight excluding hydrogens is 885 g/mol. The van der Waals surface area contributed by atoms with Crippen LogP contribution in [-0.4, -0.2) is 4.57 Å². The van der Waals surface area contributed by atoms with Gasteiger partial charge in [-0.25, -0.2) is 0 Å². The summed E-state index contributed by atoms with van der Waals surface area (Å²) in [5.74, 6) is 0. The zero-order valence-corrected chi connectivity index (χ0v) is 39.6. The van der Waals surface area contributed by atoms with Crippen molar-refractivity contribution in [2.45, 2.75) is 0 Å². The van der Waals surface area contributed by atoms with E-state index in [9.17, 15) is 0 Å². The molecule has 0 unspecified atom stereocenters. The molecule has 4 heteroatoms. The van der Waals surface area contributed by atoms with Crippen LogP contribution in [-0.2, 0) is 0 Å². The van der Waals surface area contributed by atoms with Gasteiger partial charge in [0.1, 0.15) is 0 Å². The monoisotopic (exact) mass is 926 g/mol. The third-order valence-corrected chi connectivity index (χ3v) is 16.4. The first kappa shape index (κ1) is 40.5. The molecule has 0 N–H and O–H groups in total. The number of hydrogen-bond acceptors (Lipinski definition) is 3. The van der Waals surface area contributed by atoms with Crippen LogP contribution in [0.5, 0.6) is 0 Å². The fraction of sp³-hybridized carbons (Fsp3) is 0. The van der Waals surface area contributed by atoms with Gasteiger partial charge in [-0.05, 0) is 106 Å². The molecule has 0 atom stereocenters. The van der Waals surface area contributed by atoms with Gasteiger partial charge in [0.25, 0.3) is 0 Å². The first-order valence-corrected chi connectivity index (χ1v) is 25.5. The Morgan fingerprint density at radius 2 is 0.786 bits per heavy atom. The summed E-state index contributed by atoms with van der Waals surface area (Å²) in [5, 5.41) is 7.62. The SMILES string of the molecule is c1ccc(-c2ccc(-c3ccccc3N(c3cc(-c4cccc5c4sc4ccccc45)cc(-c4cccc5c4sc4ccccc45)c3)c3ccc4c5ccccc5n(-c5ccccc5)c4c3)cc2)cc1. The fourth-order valence-corrected chi connectivity index (χ4v) is 13.2. The maximum Gasteiger partial charge on any atom is 0.0561 e. The highest BCUT2D eigenvalue weighted by atomic mass is 32.1. The van der Waals surface area contributed by atoms with E-state index in [1.807, 2.05) is 22.7 Å². The zero-order chi connectivity index (χ0) is 46.1. The van der Waals surface area contributed by atoms with E-state index in [-0.39, 0.29) is 0 Å². The summed E-state index contributed by atoms with van der Waals surface area (Å²) < 4.78 is 7.61. The van der Waals surface area contributed by atoms with Crippen LogP contribution < -0.4 is 4.90 Å². The van der Waals surface area contributed by atoms with Gasteiger partial charge in [0.15, 0.2) is 0 Å². The first-order chi connectivity index (χ1) is 34.7. The molecule has 0 aliphatic rings. The third-order valence-electron chi connectivity index (χ3n) is 14.0. The van der Waals surface area contributed by atoms with Crippen molar-refractivity contribution in [1.82, 2.24) is 4.57 Å². The van der Waals surface area contributed by atoms with E-state index in [1.165, 1.54) is 90.0 Å². The van der Waals surface area contributed by atoms with Crippen molar-refractivity contribution < 1.29 is 0 Å². The minimum absolute atomic E-state index is 1.07. The second kappa shape index (κ2) is 16.6. The molecule has 0 fully saturated rings. The van der Waals surface area contributed by atoms with Gasteiger partial charge in [-0.15, -0.1) is 22.7 Å². The Morgan fingerprint density at radius 1 is 0.286 bits per heavy atom. The largest absolute Gasteiger partial charge is 0.310 e. The van der Waals surface area contributed by atoms with Crippen molar-refractivity contribution in [1.29, 1.82) is 0 Å². The molecule has 0 spiro atoms. The summed E-state index contributed by atoms with van der Waals surface area (Å²) in [6, 6.07) is 93.9. The van der Waals surface area contributed by atoms with Crippen LogP contribution in [0.4, 0.5) is 17.1 Å². The molecule has 2 nitrogen and oxygen atoms in total. The highest BCUT2D eigenvalue weighted by Crippen LogP contribution is 2.49. The number of thiophene rings is 2. The predicted octanol–water partition coefficient (Wildman–Crippen LogP) is 19.7. The molecule has 0 saturated heterocycles. The van der Waals surface area contributed by atoms with E-state index < -0.39 is 0 Å². The predicted molar refractivity (Wildman–Crippen MR) is 303 cm³/mol. The van der Waals surface area contributed by atoms with Gasteiger partial charge in [-0.2, -0.15) is 0 Å². The highest BCUT2D eigenvalue weighted by molar-refractivity contribution is 7.26. The minimum atomic E-state index is 1.07. The lowest BCUT2D eigenvalue weighted by atomic mass is 9.94. The number of anilines is 3. The number of aromatic nitrogens is 1. The summed E-state index contributed by atoms with van der Waals surface area (Å²) >= 11 is 3.77. The van der Waals surface area contributed by atoms with E-state index in [1.54, 1.807) is 0 Å². The lowest BCUT2D eigenvalue weighted by Gasteiger charge is -2.29. The fourth-order valence-electron chi connectivity index (χ4n) is 10.8. The van der Waals surface area contributed by atoms with Crippen molar-refractivity contribution in [2.75, 3.05) is 4.90 Å². The van der Waals surface area contributed by atoms with Crippen molar-refractivity contribution >= 4 is 102 Å². The van der Waals surface area contributed by atoms with Gasteiger partial charge < -0.3 is 9.47 Å². The number of benzene rings is 11. The Kier molecular flexibility index (Phi) is 9.61. The van der Waals surface area contributed by atoms with E-state index in [0.717, 1.165) is 39.4 Å². The summed E-state index contributed by atoms with van der Waals surface area (Å²) in [5.41, 5.74) is 16.2. The van der Waals surface area contributed by atoms with Crippen LogP contribution in [0.25, 0.3) is 112 Å². The molecule has 0 radical (unpaired) electrons. The van der Waals surface area contributed by atoms with Crippen LogP contribution in [0.2, 0.25) is 0 Å². The van der Waals surface area contributed by atoms with Crippen molar-refractivity contribution in [3.8, 4) is 50.2 Å². The van der Waals surface area contributed by atoms with E-state index >= 15 is 0 Å². The first-order valence-electron chi connectivity index (χ1n) is 23.8. The maximum atomic E-state index is 2.51.